The van der Waals surface area contributed by atoms with Crippen LogP contribution in [0.3, 0.4) is 0 Å². The van der Waals surface area contributed by atoms with Crippen LogP contribution in [0.1, 0.15) is 24.2 Å². The zero-order valence-corrected chi connectivity index (χ0v) is 13.5. The predicted octanol–water partition coefficient (Wildman–Crippen LogP) is 4.38. The first-order chi connectivity index (χ1) is 10.6. The Balaban J connectivity index is 2.00. The summed E-state index contributed by atoms with van der Waals surface area (Å²) in [4.78, 5) is 0. The van der Waals surface area contributed by atoms with E-state index in [9.17, 15) is 4.39 Å². The molecule has 0 aliphatic heterocycles. The summed E-state index contributed by atoms with van der Waals surface area (Å²) in [5, 5.41) is 12.8. The van der Waals surface area contributed by atoms with E-state index in [-0.39, 0.29) is 6.54 Å². The number of allylic oxidation sites excluding steroid dienone is 4. The number of hydrogen-bond acceptors (Lipinski definition) is 3. The summed E-state index contributed by atoms with van der Waals surface area (Å²) in [6.07, 6.45) is 3.26. The summed E-state index contributed by atoms with van der Waals surface area (Å²) in [6, 6.07) is 4.51. The Morgan fingerprint density at radius 2 is 2.05 bits per heavy atom. The van der Waals surface area contributed by atoms with E-state index in [0.29, 0.717) is 32.9 Å². The highest BCUT2D eigenvalue weighted by Crippen LogP contribution is 2.35. The van der Waals surface area contributed by atoms with Gasteiger partial charge >= 0.3 is 0 Å². The van der Waals surface area contributed by atoms with Crippen LogP contribution in [0.2, 0.25) is 5.02 Å². The molecule has 0 saturated heterocycles. The van der Waals surface area contributed by atoms with E-state index in [1.54, 1.807) is 12.1 Å². The molecule has 2 aromatic rings. The molecule has 3 rings (SSSR count). The van der Waals surface area contributed by atoms with Crippen LogP contribution in [0.4, 0.5) is 4.39 Å². The minimum Gasteiger partial charge on any atom is -0.221 e. The summed E-state index contributed by atoms with van der Waals surface area (Å²) >= 11 is 18.3. The van der Waals surface area contributed by atoms with Crippen molar-refractivity contribution >= 4 is 40.4 Å². The van der Waals surface area contributed by atoms with Gasteiger partial charge in [-0.3, -0.25) is 0 Å². The van der Waals surface area contributed by atoms with Crippen LogP contribution in [0.25, 0.3) is 5.57 Å². The molecular formula is C14H10Cl3FN4. The minimum atomic E-state index is -0.407. The highest BCUT2D eigenvalue weighted by atomic mass is 35.5. The molecule has 0 spiro atoms. The lowest BCUT2D eigenvalue weighted by Gasteiger charge is -2.14. The molecule has 0 unspecified atom stereocenters. The second-order valence-electron chi connectivity index (χ2n) is 4.74. The molecule has 1 aromatic carbocycles. The zero-order chi connectivity index (χ0) is 15.7. The van der Waals surface area contributed by atoms with Gasteiger partial charge in [0.05, 0.1) is 16.6 Å². The van der Waals surface area contributed by atoms with E-state index >= 15 is 0 Å². The Bertz CT molecular complexity index is 762. The van der Waals surface area contributed by atoms with Crippen molar-refractivity contribution in [2.45, 2.75) is 19.4 Å². The molecule has 0 saturated carbocycles. The molecule has 1 aliphatic rings. The van der Waals surface area contributed by atoms with Gasteiger partial charge in [0.25, 0.3) is 0 Å². The molecule has 4 nitrogen and oxygen atoms in total. The van der Waals surface area contributed by atoms with Crippen molar-refractivity contribution in [1.29, 1.82) is 0 Å². The van der Waals surface area contributed by atoms with Crippen LogP contribution in [0.15, 0.2) is 34.3 Å². The molecule has 0 bridgehead atoms. The first-order valence-corrected chi connectivity index (χ1v) is 7.65. The number of halogens is 4. The van der Waals surface area contributed by atoms with Gasteiger partial charge < -0.3 is 0 Å². The van der Waals surface area contributed by atoms with E-state index in [4.69, 9.17) is 34.8 Å². The van der Waals surface area contributed by atoms with Gasteiger partial charge in [-0.15, -0.1) is 5.10 Å². The molecule has 114 valence electrons. The van der Waals surface area contributed by atoms with Crippen molar-refractivity contribution in [2.24, 2.45) is 0 Å². The zero-order valence-electron chi connectivity index (χ0n) is 11.2. The third kappa shape index (κ3) is 2.89. The third-order valence-corrected chi connectivity index (χ3v) is 4.59. The Morgan fingerprint density at radius 3 is 2.82 bits per heavy atom. The fraction of sp³-hybridized carbons (Fsp3) is 0.214. The van der Waals surface area contributed by atoms with Gasteiger partial charge in [-0.1, -0.05) is 46.9 Å². The van der Waals surface area contributed by atoms with Crippen LogP contribution in [0.5, 0.6) is 0 Å². The standard InChI is InChI=1S/C14H10Cl3FN4/c15-10-4-2-6-12(18)9(10)7-22-14(19-20-21-22)8-3-1-5-11(16)13(8)17/h2,4-6H,1,3,7H2. The van der Waals surface area contributed by atoms with E-state index < -0.39 is 5.82 Å². The largest absolute Gasteiger partial charge is 0.221 e. The molecule has 0 atom stereocenters. The molecule has 0 N–H and O–H groups in total. The van der Waals surface area contributed by atoms with Crippen molar-refractivity contribution in [3.05, 3.63) is 56.6 Å². The van der Waals surface area contributed by atoms with E-state index in [2.05, 4.69) is 15.5 Å². The maximum atomic E-state index is 13.9. The van der Waals surface area contributed by atoms with Crippen LogP contribution >= 0.6 is 34.8 Å². The lowest BCUT2D eigenvalue weighted by Crippen LogP contribution is -2.10. The summed E-state index contributed by atoms with van der Waals surface area (Å²) in [5.74, 6) is 0.0613. The summed E-state index contributed by atoms with van der Waals surface area (Å²) in [6.45, 7) is 0.114. The van der Waals surface area contributed by atoms with E-state index in [0.717, 1.165) is 12.0 Å². The van der Waals surface area contributed by atoms with Gasteiger partial charge in [0.1, 0.15) is 5.82 Å². The van der Waals surface area contributed by atoms with Crippen LogP contribution < -0.4 is 0 Å². The molecule has 1 heterocycles. The lowest BCUT2D eigenvalue weighted by atomic mass is 10.0. The SMILES string of the molecule is Fc1cccc(Cl)c1Cn1nnnc1C1=C(Cl)C(Cl)=CCC1. The number of tetrazole rings is 1. The topological polar surface area (TPSA) is 43.6 Å². The van der Waals surface area contributed by atoms with Crippen molar-refractivity contribution in [1.82, 2.24) is 20.2 Å². The van der Waals surface area contributed by atoms with Gasteiger partial charge in [-0.05, 0) is 35.4 Å². The molecule has 22 heavy (non-hydrogen) atoms. The van der Waals surface area contributed by atoms with Crippen LogP contribution in [-0.4, -0.2) is 20.2 Å². The summed E-state index contributed by atoms with van der Waals surface area (Å²) < 4.78 is 15.4. The average Bonchev–Trinajstić information content (AvgIpc) is 2.94. The average molecular weight is 360 g/mol. The van der Waals surface area contributed by atoms with E-state index in [1.165, 1.54) is 10.7 Å². The first-order valence-electron chi connectivity index (χ1n) is 6.52. The third-order valence-electron chi connectivity index (χ3n) is 3.36. The molecular weight excluding hydrogens is 350 g/mol. The number of nitrogens with zero attached hydrogens (tertiary/aromatic N) is 4. The number of hydrogen-bond donors (Lipinski definition) is 0. The molecule has 1 aliphatic carbocycles. The van der Waals surface area contributed by atoms with Gasteiger partial charge in [-0.2, -0.15) is 0 Å². The first kappa shape index (κ1) is 15.5. The van der Waals surface area contributed by atoms with Crippen LogP contribution in [-0.2, 0) is 6.54 Å². The number of rotatable bonds is 3. The second-order valence-corrected chi connectivity index (χ2v) is 5.94. The molecule has 0 fully saturated rings. The maximum absolute atomic E-state index is 13.9. The highest BCUT2D eigenvalue weighted by Gasteiger charge is 2.21. The Labute approximate surface area is 141 Å². The molecule has 1 aromatic heterocycles. The van der Waals surface area contributed by atoms with Crippen molar-refractivity contribution in [3.63, 3.8) is 0 Å². The van der Waals surface area contributed by atoms with Gasteiger partial charge in [0, 0.05) is 16.2 Å². The Hall–Kier alpha value is -1.43. The van der Waals surface area contributed by atoms with Crippen LogP contribution in [0, 0.1) is 5.82 Å². The smallest absolute Gasteiger partial charge is 0.179 e. The Kier molecular flexibility index (Phi) is 4.47. The molecule has 0 amide bonds. The van der Waals surface area contributed by atoms with Crippen molar-refractivity contribution < 1.29 is 4.39 Å². The van der Waals surface area contributed by atoms with Gasteiger partial charge in [-0.25, -0.2) is 9.07 Å². The lowest BCUT2D eigenvalue weighted by molar-refractivity contribution is 0.574. The fourth-order valence-electron chi connectivity index (χ4n) is 2.26. The maximum Gasteiger partial charge on any atom is 0.179 e. The number of benzene rings is 1. The predicted molar refractivity (Wildman–Crippen MR) is 84.3 cm³/mol. The molecule has 8 heteroatoms. The summed E-state index contributed by atoms with van der Waals surface area (Å²) in [7, 11) is 0. The number of aromatic nitrogens is 4. The quantitative estimate of drug-likeness (QED) is 0.817. The van der Waals surface area contributed by atoms with Crippen molar-refractivity contribution in [2.75, 3.05) is 0 Å². The summed E-state index contributed by atoms with van der Waals surface area (Å²) in [5.41, 5.74) is 1.07. The monoisotopic (exact) mass is 358 g/mol. The molecule has 0 radical (unpaired) electrons. The minimum absolute atomic E-state index is 0.114. The highest BCUT2D eigenvalue weighted by molar-refractivity contribution is 6.46. The van der Waals surface area contributed by atoms with Gasteiger partial charge in [0.2, 0.25) is 0 Å². The van der Waals surface area contributed by atoms with Crippen molar-refractivity contribution in [3.8, 4) is 0 Å². The van der Waals surface area contributed by atoms with E-state index in [1.807, 2.05) is 6.08 Å². The normalized spacial score (nSPS) is 15.2. The Morgan fingerprint density at radius 1 is 1.23 bits per heavy atom. The second kappa shape index (κ2) is 6.36. The van der Waals surface area contributed by atoms with Gasteiger partial charge in [0.15, 0.2) is 5.82 Å². The fourth-order valence-corrected chi connectivity index (χ4v) is 2.96.